The Hall–Kier alpha value is -2.53. The van der Waals surface area contributed by atoms with Crippen LogP contribution >= 0.6 is 22.9 Å². The minimum atomic E-state index is -0.822. The molecule has 4 rings (SSSR count). The van der Waals surface area contributed by atoms with Crippen molar-refractivity contribution in [3.63, 3.8) is 0 Å². The van der Waals surface area contributed by atoms with E-state index in [1.54, 1.807) is 23.6 Å². The zero-order valence-corrected chi connectivity index (χ0v) is 19.0. The van der Waals surface area contributed by atoms with Crippen LogP contribution in [0.25, 0.3) is 10.4 Å². The number of piperidine rings is 1. The van der Waals surface area contributed by atoms with Crippen molar-refractivity contribution in [3.05, 3.63) is 52.0 Å². The quantitative estimate of drug-likeness (QED) is 0.230. The lowest BCUT2D eigenvalue weighted by atomic mass is 9.99. The second-order valence-electron chi connectivity index (χ2n) is 7.80. The van der Waals surface area contributed by atoms with E-state index in [2.05, 4.69) is 20.4 Å². The Morgan fingerprint density at radius 3 is 2.78 bits per heavy atom. The lowest BCUT2D eigenvalue weighted by Gasteiger charge is -2.28. The number of hydrogen-bond acceptors (Lipinski definition) is 8. The summed E-state index contributed by atoms with van der Waals surface area (Å²) >= 11 is 7.66. The van der Waals surface area contributed by atoms with Crippen molar-refractivity contribution in [1.82, 2.24) is 20.3 Å². The molecule has 0 saturated carbocycles. The molecule has 1 aliphatic carbocycles. The molecule has 11 heteroatoms. The van der Waals surface area contributed by atoms with Gasteiger partial charge in [0.15, 0.2) is 5.84 Å². The summed E-state index contributed by atoms with van der Waals surface area (Å²) in [6.45, 7) is 2.00. The second-order valence-corrected chi connectivity index (χ2v) is 9.26. The van der Waals surface area contributed by atoms with Crippen LogP contribution in [0.5, 0.6) is 0 Å². The summed E-state index contributed by atoms with van der Waals surface area (Å²) in [5.74, 6) is 12.2. The van der Waals surface area contributed by atoms with Gasteiger partial charge in [-0.1, -0.05) is 17.7 Å². The van der Waals surface area contributed by atoms with E-state index in [0.717, 1.165) is 41.4 Å². The minimum absolute atomic E-state index is 0.00858. The first kappa shape index (κ1) is 22.7. The van der Waals surface area contributed by atoms with E-state index in [9.17, 15) is 4.39 Å². The molecule has 170 valence electrons. The number of nitrogens with two attached hydrogens (primary N) is 3. The number of allylic oxidation sites excluding steroid dienone is 3. The number of aromatic nitrogens is 2. The van der Waals surface area contributed by atoms with Crippen LogP contribution in [0.2, 0.25) is 0 Å². The molecule has 1 aliphatic heterocycles. The predicted octanol–water partition coefficient (Wildman–Crippen LogP) is 3.19. The molecule has 2 aliphatic rings. The maximum atomic E-state index is 14.8. The molecule has 2 aromatic heterocycles. The minimum Gasteiger partial charge on any atom is -0.383 e. The SMILES string of the molecule is N/N=C(/c1cc(-c2cnc(C3CCNCC3)s2)cnc1N)N(N)C1CCC=CC(Cl)=C1F. The van der Waals surface area contributed by atoms with Crippen molar-refractivity contribution in [2.24, 2.45) is 16.8 Å². The third kappa shape index (κ3) is 4.63. The Morgan fingerprint density at radius 2 is 2.03 bits per heavy atom. The molecule has 1 fully saturated rings. The number of anilines is 1. The summed E-state index contributed by atoms with van der Waals surface area (Å²) in [5.41, 5.74) is 7.37. The van der Waals surface area contributed by atoms with E-state index in [1.807, 2.05) is 12.3 Å². The summed E-state index contributed by atoms with van der Waals surface area (Å²) in [5, 5.41) is 9.49. The molecule has 7 N–H and O–H groups in total. The van der Waals surface area contributed by atoms with Crippen LogP contribution in [0, 0.1) is 0 Å². The fraction of sp³-hybridized carbons (Fsp3) is 0.381. The third-order valence-electron chi connectivity index (χ3n) is 5.75. The molecule has 0 radical (unpaired) electrons. The predicted molar refractivity (Wildman–Crippen MR) is 128 cm³/mol. The van der Waals surface area contributed by atoms with Crippen LogP contribution in [0.3, 0.4) is 0 Å². The summed E-state index contributed by atoms with van der Waals surface area (Å²) in [6.07, 6.45) is 10.0. The molecule has 8 nitrogen and oxygen atoms in total. The number of amidine groups is 1. The van der Waals surface area contributed by atoms with E-state index in [1.165, 1.54) is 11.1 Å². The number of hydrazine groups is 1. The van der Waals surface area contributed by atoms with Gasteiger partial charge in [0.05, 0.1) is 20.5 Å². The first-order chi connectivity index (χ1) is 15.5. The highest BCUT2D eigenvalue weighted by Crippen LogP contribution is 2.35. The second kappa shape index (κ2) is 9.95. The molecule has 1 atom stereocenters. The first-order valence-electron chi connectivity index (χ1n) is 10.5. The topological polar surface area (TPSA) is 131 Å². The van der Waals surface area contributed by atoms with Gasteiger partial charge in [0, 0.05) is 23.9 Å². The largest absolute Gasteiger partial charge is 0.383 e. The molecule has 2 aromatic rings. The normalized spacial score (nSPS) is 20.5. The highest BCUT2D eigenvalue weighted by Gasteiger charge is 2.29. The van der Waals surface area contributed by atoms with E-state index >= 15 is 0 Å². The van der Waals surface area contributed by atoms with Crippen LogP contribution < -0.4 is 22.7 Å². The molecule has 0 spiro atoms. The Morgan fingerprint density at radius 1 is 1.25 bits per heavy atom. The smallest absolute Gasteiger partial charge is 0.173 e. The highest BCUT2D eigenvalue weighted by molar-refractivity contribution is 7.15. The summed E-state index contributed by atoms with van der Waals surface area (Å²) in [7, 11) is 0. The number of hydrogen-bond donors (Lipinski definition) is 4. The summed E-state index contributed by atoms with van der Waals surface area (Å²) < 4.78 is 14.8. The fourth-order valence-corrected chi connectivity index (χ4v) is 5.24. The Labute approximate surface area is 195 Å². The van der Waals surface area contributed by atoms with Gasteiger partial charge in [0.25, 0.3) is 0 Å². The van der Waals surface area contributed by atoms with Crippen molar-refractivity contribution in [2.45, 2.75) is 37.6 Å². The number of pyridine rings is 1. The van der Waals surface area contributed by atoms with Crippen LogP contribution in [-0.2, 0) is 0 Å². The van der Waals surface area contributed by atoms with E-state index < -0.39 is 11.9 Å². The van der Waals surface area contributed by atoms with Gasteiger partial charge in [-0.3, -0.25) is 5.01 Å². The number of rotatable bonds is 4. The fourth-order valence-electron chi connectivity index (χ4n) is 3.96. The van der Waals surface area contributed by atoms with Crippen molar-refractivity contribution >= 4 is 34.6 Å². The summed E-state index contributed by atoms with van der Waals surface area (Å²) in [4.78, 5) is 9.90. The first-order valence-corrected chi connectivity index (χ1v) is 11.6. The van der Waals surface area contributed by atoms with Gasteiger partial charge >= 0.3 is 0 Å². The number of nitrogen functional groups attached to an aromatic ring is 1. The lowest BCUT2D eigenvalue weighted by molar-refractivity contribution is 0.301. The van der Waals surface area contributed by atoms with Crippen LogP contribution in [0.1, 0.15) is 42.2 Å². The highest BCUT2D eigenvalue weighted by atomic mass is 35.5. The molecule has 1 unspecified atom stereocenters. The van der Waals surface area contributed by atoms with E-state index in [4.69, 9.17) is 29.0 Å². The number of nitrogens with one attached hydrogen (secondary N) is 1. The number of hydrazone groups is 1. The number of halogens is 2. The maximum absolute atomic E-state index is 14.8. The van der Waals surface area contributed by atoms with Gasteiger partial charge in [0.2, 0.25) is 0 Å². The lowest BCUT2D eigenvalue weighted by Crippen LogP contribution is -2.47. The zero-order valence-electron chi connectivity index (χ0n) is 17.5. The average molecular weight is 477 g/mol. The van der Waals surface area contributed by atoms with Crippen LogP contribution in [-0.4, -0.2) is 39.9 Å². The molecule has 0 bridgehead atoms. The van der Waals surface area contributed by atoms with Crippen molar-refractivity contribution in [1.29, 1.82) is 0 Å². The Kier molecular flexibility index (Phi) is 7.04. The van der Waals surface area contributed by atoms with E-state index in [-0.39, 0.29) is 16.7 Å². The van der Waals surface area contributed by atoms with Gasteiger partial charge in [-0.05, 0) is 50.9 Å². The Balaban J connectivity index is 1.63. The number of thiazole rings is 1. The van der Waals surface area contributed by atoms with Gasteiger partial charge < -0.3 is 16.9 Å². The molecular weight excluding hydrogens is 451 g/mol. The maximum Gasteiger partial charge on any atom is 0.173 e. The van der Waals surface area contributed by atoms with Crippen LogP contribution in [0.4, 0.5) is 10.2 Å². The summed E-state index contributed by atoms with van der Waals surface area (Å²) in [6, 6.07) is 0.990. The standard InChI is InChI=1S/C21H26ClFN8S/c22-15-3-1-2-4-16(18(15)23)31(26)20(30-25)14-9-13(10-28-19(14)24)17-11-29-21(32-17)12-5-7-27-8-6-12/h1,3,9-12,16,27H,2,4-8,25-26H2,(H2,24,28)/b30-20-. The Bertz CT molecular complexity index is 1060. The van der Waals surface area contributed by atoms with Crippen molar-refractivity contribution in [3.8, 4) is 10.4 Å². The van der Waals surface area contributed by atoms with Gasteiger partial charge in [0.1, 0.15) is 17.7 Å². The van der Waals surface area contributed by atoms with E-state index in [0.29, 0.717) is 24.3 Å². The van der Waals surface area contributed by atoms with Crippen molar-refractivity contribution < 1.29 is 4.39 Å². The third-order valence-corrected chi connectivity index (χ3v) is 7.27. The average Bonchev–Trinajstić information content (AvgIpc) is 3.24. The molecule has 0 aromatic carbocycles. The van der Waals surface area contributed by atoms with Crippen molar-refractivity contribution in [2.75, 3.05) is 18.8 Å². The van der Waals surface area contributed by atoms with Gasteiger partial charge in [-0.25, -0.2) is 20.2 Å². The molecule has 3 heterocycles. The molecule has 32 heavy (non-hydrogen) atoms. The zero-order chi connectivity index (χ0) is 22.7. The molecule has 0 amide bonds. The van der Waals surface area contributed by atoms with Gasteiger partial charge in [-0.15, -0.1) is 11.3 Å². The van der Waals surface area contributed by atoms with Gasteiger partial charge in [-0.2, -0.15) is 5.10 Å². The van der Waals surface area contributed by atoms with Crippen LogP contribution in [0.15, 0.2) is 46.6 Å². The molecule has 1 saturated heterocycles. The number of nitrogens with zero attached hydrogens (tertiary/aromatic N) is 4. The molecular formula is C21H26ClFN8S. The monoisotopic (exact) mass is 476 g/mol.